The van der Waals surface area contributed by atoms with Crippen LogP contribution in [0.25, 0.3) is 0 Å². The van der Waals surface area contributed by atoms with Gasteiger partial charge in [0, 0.05) is 18.0 Å². The van der Waals surface area contributed by atoms with Gasteiger partial charge in [-0.25, -0.2) is 4.39 Å². The highest BCUT2D eigenvalue weighted by Gasteiger charge is 2.31. The second-order valence-electron chi connectivity index (χ2n) is 9.16. The molecule has 1 aromatic heterocycles. The van der Waals surface area contributed by atoms with Gasteiger partial charge in [-0.1, -0.05) is 47.1 Å². The maximum atomic E-state index is 13.8. The number of carbonyl (C=O) groups is 1. The third-order valence-electron chi connectivity index (χ3n) is 6.53. The highest BCUT2D eigenvalue weighted by Crippen LogP contribution is 2.40. The highest BCUT2D eigenvalue weighted by atomic mass is 19.1. The molecule has 1 unspecified atom stereocenters. The third-order valence-corrected chi connectivity index (χ3v) is 6.53. The molecule has 0 bridgehead atoms. The minimum Gasteiger partial charge on any atom is -0.339 e. The summed E-state index contributed by atoms with van der Waals surface area (Å²) in [5, 5.41) is 3.92. The number of carbonyl (C=O) groups excluding carboxylic acids is 1. The molecule has 1 saturated carbocycles. The van der Waals surface area contributed by atoms with Gasteiger partial charge >= 0.3 is 0 Å². The fourth-order valence-electron chi connectivity index (χ4n) is 4.90. The average Bonchev–Trinajstić information content (AvgIpc) is 3.23. The Kier molecular flexibility index (Phi) is 6.80. The second kappa shape index (κ2) is 9.74. The smallest absolute Gasteiger partial charge is 0.243 e. The normalized spacial score (nSPS) is 19.8. The van der Waals surface area contributed by atoms with Crippen molar-refractivity contribution in [3.05, 3.63) is 82.8 Å². The van der Waals surface area contributed by atoms with Gasteiger partial charge in [-0.15, -0.1) is 0 Å². The SMILES string of the molecule is Cc1ccc(C(=O)c2noc(CC3CCC(C(c4cccc(F)c4)N(C)C)CC3)n2)cc1. The van der Waals surface area contributed by atoms with Crippen molar-refractivity contribution in [1.82, 2.24) is 15.0 Å². The van der Waals surface area contributed by atoms with Crippen LogP contribution in [0.1, 0.15) is 64.9 Å². The quantitative estimate of drug-likeness (QED) is 0.465. The number of rotatable bonds is 7. The van der Waals surface area contributed by atoms with Gasteiger partial charge in [0.1, 0.15) is 5.82 Å². The Morgan fingerprint density at radius 2 is 1.84 bits per heavy atom. The Labute approximate surface area is 188 Å². The number of aromatic nitrogens is 2. The molecule has 3 aromatic rings. The number of nitrogens with zero attached hydrogens (tertiary/aromatic N) is 3. The molecule has 1 aliphatic carbocycles. The van der Waals surface area contributed by atoms with E-state index in [1.54, 1.807) is 24.3 Å². The molecule has 5 nitrogen and oxygen atoms in total. The van der Waals surface area contributed by atoms with E-state index in [1.807, 2.05) is 25.1 Å². The maximum absolute atomic E-state index is 13.8. The third kappa shape index (κ3) is 5.13. The van der Waals surface area contributed by atoms with Gasteiger partial charge in [0.2, 0.25) is 17.5 Å². The number of hydrogen-bond acceptors (Lipinski definition) is 5. The van der Waals surface area contributed by atoms with Crippen LogP contribution in [0.5, 0.6) is 0 Å². The molecule has 0 aliphatic heterocycles. The van der Waals surface area contributed by atoms with Gasteiger partial charge in [-0.3, -0.25) is 4.79 Å². The Morgan fingerprint density at radius 3 is 2.50 bits per heavy atom. The van der Waals surface area contributed by atoms with Crippen molar-refractivity contribution in [1.29, 1.82) is 0 Å². The molecule has 0 radical (unpaired) electrons. The van der Waals surface area contributed by atoms with Gasteiger partial charge < -0.3 is 9.42 Å². The summed E-state index contributed by atoms with van der Waals surface area (Å²) in [7, 11) is 4.12. The zero-order valence-corrected chi connectivity index (χ0v) is 18.9. The first-order valence-electron chi connectivity index (χ1n) is 11.3. The summed E-state index contributed by atoms with van der Waals surface area (Å²) in [6.07, 6.45) is 4.91. The Hall–Kier alpha value is -2.86. The van der Waals surface area contributed by atoms with Crippen molar-refractivity contribution in [2.75, 3.05) is 14.1 Å². The lowest BCUT2D eigenvalue weighted by Gasteiger charge is -2.37. The largest absolute Gasteiger partial charge is 0.339 e. The van der Waals surface area contributed by atoms with Crippen LogP contribution in [0.15, 0.2) is 53.1 Å². The Balaban J connectivity index is 1.36. The van der Waals surface area contributed by atoms with E-state index in [0.717, 1.165) is 36.8 Å². The van der Waals surface area contributed by atoms with E-state index in [4.69, 9.17) is 4.52 Å². The predicted octanol–water partition coefficient (Wildman–Crippen LogP) is 5.40. The molecule has 1 atom stereocenters. The summed E-state index contributed by atoms with van der Waals surface area (Å²) in [6.45, 7) is 1.98. The molecular weight excluding hydrogens is 405 g/mol. The molecule has 168 valence electrons. The van der Waals surface area contributed by atoms with Crippen LogP contribution < -0.4 is 0 Å². The molecule has 0 N–H and O–H groups in total. The standard InChI is InChI=1S/C26H30FN3O2/c1-17-7-11-20(12-8-17)25(31)26-28-23(32-29-26)15-18-9-13-19(14-10-18)24(30(2)3)21-5-4-6-22(27)16-21/h4-8,11-12,16,18-19,24H,9-10,13-15H2,1-3H3. The molecule has 32 heavy (non-hydrogen) atoms. The van der Waals surface area contributed by atoms with E-state index in [-0.39, 0.29) is 23.5 Å². The van der Waals surface area contributed by atoms with Crippen molar-refractivity contribution in [2.24, 2.45) is 11.8 Å². The first-order chi connectivity index (χ1) is 15.4. The average molecular weight is 436 g/mol. The molecule has 0 spiro atoms. The van der Waals surface area contributed by atoms with E-state index in [0.29, 0.717) is 29.7 Å². The zero-order valence-electron chi connectivity index (χ0n) is 18.9. The summed E-state index contributed by atoms with van der Waals surface area (Å²) in [5.41, 5.74) is 2.70. The second-order valence-corrected chi connectivity index (χ2v) is 9.16. The minimum atomic E-state index is -0.215. The predicted molar refractivity (Wildman–Crippen MR) is 121 cm³/mol. The molecule has 1 aliphatic rings. The summed E-state index contributed by atoms with van der Waals surface area (Å²) in [6, 6.07) is 14.5. The number of ketones is 1. The van der Waals surface area contributed by atoms with E-state index in [9.17, 15) is 9.18 Å². The van der Waals surface area contributed by atoms with Gasteiger partial charge in [-0.05, 0) is 76.2 Å². The molecular formula is C26H30FN3O2. The number of aryl methyl sites for hydroxylation is 1. The fraction of sp³-hybridized carbons (Fsp3) is 0.423. The highest BCUT2D eigenvalue weighted by molar-refractivity contribution is 6.06. The van der Waals surface area contributed by atoms with Gasteiger partial charge in [-0.2, -0.15) is 4.98 Å². The van der Waals surface area contributed by atoms with Crippen molar-refractivity contribution in [3.8, 4) is 0 Å². The Bertz CT molecular complexity index is 1050. The van der Waals surface area contributed by atoms with Crippen molar-refractivity contribution in [3.63, 3.8) is 0 Å². The molecule has 4 rings (SSSR count). The first-order valence-corrected chi connectivity index (χ1v) is 11.3. The lowest BCUT2D eigenvalue weighted by Crippen LogP contribution is -2.30. The van der Waals surface area contributed by atoms with Gasteiger partial charge in [0.15, 0.2) is 0 Å². The van der Waals surface area contributed by atoms with E-state index < -0.39 is 0 Å². The van der Waals surface area contributed by atoms with Crippen LogP contribution in [-0.4, -0.2) is 34.9 Å². The van der Waals surface area contributed by atoms with Crippen LogP contribution in [0.3, 0.4) is 0 Å². The summed E-state index contributed by atoms with van der Waals surface area (Å²) < 4.78 is 19.2. The van der Waals surface area contributed by atoms with E-state index in [1.165, 1.54) is 6.07 Å². The van der Waals surface area contributed by atoms with Crippen molar-refractivity contribution in [2.45, 2.75) is 45.1 Å². The molecule has 6 heteroatoms. The lowest BCUT2D eigenvalue weighted by molar-refractivity contribution is 0.102. The zero-order chi connectivity index (χ0) is 22.7. The van der Waals surface area contributed by atoms with Gasteiger partial charge in [0.25, 0.3) is 0 Å². The molecule has 0 amide bonds. The first kappa shape index (κ1) is 22.3. The fourth-order valence-corrected chi connectivity index (χ4v) is 4.90. The monoisotopic (exact) mass is 435 g/mol. The van der Waals surface area contributed by atoms with Crippen LogP contribution in [-0.2, 0) is 6.42 Å². The molecule has 1 heterocycles. The van der Waals surface area contributed by atoms with Crippen LogP contribution in [0.4, 0.5) is 4.39 Å². The minimum absolute atomic E-state index is 0.122. The van der Waals surface area contributed by atoms with Crippen LogP contribution in [0, 0.1) is 24.6 Å². The van der Waals surface area contributed by atoms with Crippen molar-refractivity contribution < 1.29 is 13.7 Å². The summed E-state index contributed by atoms with van der Waals surface area (Å²) in [5.74, 6) is 1.17. The lowest BCUT2D eigenvalue weighted by atomic mass is 9.75. The summed E-state index contributed by atoms with van der Waals surface area (Å²) >= 11 is 0. The maximum Gasteiger partial charge on any atom is 0.243 e. The summed E-state index contributed by atoms with van der Waals surface area (Å²) in [4.78, 5) is 19.1. The van der Waals surface area contributed by atoms with Crippen LogP contribution in [0.2, 0.25) is 0 Å². The molecule has 1 fully saturated rings. The Morgan fingerprint density at radius 1 is 1.12 bits per heavy atom. The van der Waals surface area contributed by atoms with Gasteiger partial charge in [0.05, 0.1) is 0 Å². The van der Waals surface area contributed by atoms with E-state index >= 15 is 0 Å². The molecule has 2 aromatic carbocycles. The van der Waals surface area contributed by atoms with E-state index in [2.05, 4.69) is 29.1 Å². The molecule has 0 saturated heterocycles. The number of halogens is 1. The van der Waals surface area contributed by atoms with Crippen LogP contribution >= 0.6 is 0 Å². The van der Waals surface area contributed by atoms with Crippen molar-refractivity contribution >= 4 is 5.78 Å². The topological polar surface area (TPSA) is 59.2 Å². The number of hydrogen-bond donors (Lipinski definition) is 0. The number of benzene rings is 2.